The molecule has 1 aromatic heterocycles. The Morgan fingerprint density at radius 3 is 2.54 bits per heavy atom. The number of ether oxygens (including phenoxy) is 1. The summed E-state index contributed by atoms with van der Waals surface area (Å²) in [6.07, 6.45) is -1.96. The Kier molecular flexibility index (Phi) is 4.78. The maximum Gasteiger partial charge on any atom is 0.435 e. The van der Waals surface area contributed by atoms with Crippen molar-refractivity contribution in [3.05, 3.63) is 29.6 Å². The van der Waals surface area contributed by atoms with Crippen molar-refractivity contribution in [2.24, 2.45) is 11.8 Å². The number of halogens is 3. The van der Waals surface area contributed by atoms with E-state index in [-0.39, 0.29) is 13.1 Å². The molecule has 26 heavy (non-hydrogen) atoms. The number of nitrogens with one attached hydrogen (secondary N) is 1. The van der Waals surface area contributed by atoms with E-state index >= 15 is 0 Å². The van der Waals surface area contributed by atoms with Gasteiger partial charge < -0.3 is 15.2 Å². The maximum absolute atomic E-state index is 12.6. The molecule has 2 N–H and O–H groups in total. The van der Waals surface area contributed by atoms with Gasteiger partial charge in [0.15, 0.2) is 5.69 Å². The Hall–Kier alpha value is -2.36. The van der Waals surface area contributed by atoms with Gasteiger partial charge in [-0.3, -0.25) is 14.3 Å². The summed E-state index contributed by atoms with van der Waals surface area (Å²) in [4.78, 5) is 23.6. The van der Waals surface area contributed by atoms with E-state index in [0.717, 1.165) is 6.07 Å². The topological polar surface area (TPSA) is 93.5 Å². The summed E-state index contributed by atoms with van der Waals surface area (Å²) >= 11 is 0. The smallest absolute Gasteiger partial charge is 0.435 e. The molecule has 3 heterocycles. The molecular formula is C16H18F3N3O4. The second-order valence-electron chi connectivity index (χ2n) is 6.38. The van der Waals surface area contributed by atoms with Crippen LogP contribution in [0.3, 0.4) is 0 Å². The van der Waals surface area contributed by atoms with Crippen molar-refractivity contribution in [3.8, 4) is 0 Å². The number of aliphatic carboxylic acids is 1. The predicted octanol–water partition coefficient (Wildman–Crippen LogP) is 1.37. The second-order valence-corrected chi connectivity index (χ2v) is 6.38. The summed E-state index contributed by atoms with van der Waals surface area (Å²) in [5, 5.41) is 15.4. The van der Waals surface area contributed by atoms with Gasteiger partial charge in [-0.05, 0) is 19.4 Å². The van der Waals surface area contributed by atoms with Crippen LogP contribution in [0.4, 0.5) is 13.2 Å². The summed E-state index contributed by atoms with van der Waals surface area (Å²) in [5.74, 6) is -3.24. The lowest BCUT2D eigenvalue weighted by Crippen LogP contribution is -2.42. The molecule has 0 unspecified atom stereocenters. The van der Waals surface area contributed by atoms with E-state index in [4.69, 9.17) is 4.74 Å². The molecule has 0 saturated carbocycles. The monoisotopic (exact) mass is 373 g/mol. The number of carboxylic acid groups (broad SMARTS) is 1. The zero-order valence-electron chi connectivity index (χ0n) is 13.9. The van der Waals surface area contributed by atoms with Crippen molar-refractivity contribution in [1.82, 2.24) is 15.1 Å². The number of fused-ring (bicyclic) bond motifs is 2. The van der Waals surface area contributed by atoms with Crippen LogP contribution in [0.2, 0.25) is 0 Å². The van der Waals surface area contributed by atoms with Gasteiger partial charge in [-0.15, -0.1) is 0 Å². The van der Waals surface area contributed by atoms with Crippen molar-refractivity contribution >= 4 is 11.9 Å². The molecule has 0 spiro atoms. The minimum absolute atomic E-state index is 0.198. The summed E-state index contributed by atoms with van der Waals surface area (Å²) in [6, 6.07) is 0.967. The molecule has 1 saturated heterocycles. The van der Waals surface area contributed by atoms with Crippen LogP contribution in [0.1, 0.15) is 17.8 Å². The van der Waals surface area contributed by atoms with Crippen molar-refractivity contribution < 1.29 is 32.6 Å². The molecule has 1 fully saturated rings. The number of aryl methyl sites for hydroxylation is 2. The molecule has 4 atom stereocenters. The van der Waals surface area contributed by atoms with E-state index in [9.17, 15) is 27.9 Å². The van der Waals surface area contributed by atoms with Crippen molar-refractivity contribution in [1.29, 1.82) is 0 Å². The quantitative estimate of drug-likeness (QED) is 0.580. The van der Waals surface area contributed by atoms with Crippen LogP contribution in [-0.4, -0.2) is 45.5 Å². The van der Waals surface area contributed by atoms with Crippen LogP contribution in [0.15, 0.2) is 18.2 Å². The fourth-order valence-corrected chi connectivity index (χ4v) is 3.35. The lowest BCUT2D eigenvalue weighted by Gasteiger charge is -2.21. The Bertz CT molecular complexity index is 744. The molecular weight excluding hydrogens is 355 g/mol. The Balaban J connectivity index is 1.51. The highest BCUT2D eigenvalue weighted by Gasteiger charge is 2.53. The van der Waals surface area contributed by atoms with Gasteiger partial charge in [0, 0.05) is 18.8 Å². The average Bonchev–Trinajstić information content (AvgIpc) is 3.24. The lowest BCUT2D eigenvalue weighted by atomic mass is 9.82. The van der Waals surface area contributed by atoms with Gasteiger partial charge in [-0.1, -0.05) is 12.2 Å². The molecule has 3 rings (SSSR count). The molecule has 1 aromatic rings. The largest absolute Gasteiger partial charge is 0.481 e. The van der Waals surface area contributed by atoms with Crippen molar-refractivity contribution in [3.63, 3.8) is 0 Å². The van der Waals surface area contributed by atoms with Gasteiger partial charge in [0.05, 0.1) is 18.1 Å². The normalized spacial score (nSPS) is 27.1. The molecule has 142 valence electrons. The highest BCUT2D eigenvalue weighted by molar-refractivity contribution is 5.87. The van der Waals surface area contributed by atoms with Gasteiger partial charge in [0.2, 0.25) is 5.91 Å². The van der Waals surface area contributed by atoms with E-state index < -0.39 is 47.8 Å². The number of alkyl halides is 3. The first-order chi connectivity index (χ1) is 12.2. The third-order valence-electron chi connectivity index (χ3n) is 4.60. The number of nitrogens with zero attached hydrogens (tertiary/aromatic N) is 2. The summed E-state index contributed by atoms with van der Waals surface area (Å²) in [6.45, 7) is 1.93. The third-order valence-corrected chi connectivity index (χ3v) is 4.60. The standard InChI is InChI=1S/C16H18F3N3O4/c1-8-7-11(16(17,18)19)21-22(8)6-2-5-20-14(23)12-9-3-4-10(26-9)13(12)15(24)25/h3-4,7,9-10,12-13H,2,5-6H2,1H3,(H,20,23)(H,24,25)/t9-,10-,12+,13+/m1/s1. The van der Waals surface area contributed by atoms with Crippen LogP contribution >= 0.6 is 0 Å². The number of aromatic nitrogens is 2. The molecule has 2 aliphatic heterocycles. The summed E-state index contributed by atoms with van der Waals surface area (Å²) < 4.78 is 44.5. The van der Waals surface area contributed by atoms with E-state index in [2.05, 4.69) is 10.4 Å². The van der Waals surface area contributed by atoms with Crippen molar-refractivity contribution in [2.75, 3.05) is 6.54 Å². The SMILES string of the molecule is Cc1cc(C(F)(F)F)nn1CCCNC(=O)[C@@H]1[C@@H](C(=O)O)[C@H]2C=C[C@H]1O2. The third kappa shape index (κ3) is 3.46. The second kappa shape index (κ2) is 6.75. The van der Waals surface area contributed by atoms with Crippen LogP contribution < -0.4 is 5.32 Å². The minimum Gasteiger partial charge on any atom is -0.481 e. The van der Waals surface area contributed by atoms with Crippen LogP contribution in [0, 0.1) is 18.8 Å². The Labute approximate surface area is 146 Å². The Morgan fingerprint density at radius 2 is 1.96 bits per heavy atom. The van der Waals surface area contributed by atoms with Crippen LogP contribution in [0.25, 0.3) is 0 Å². The van der Waals surface area contributed by atoms with E-state index in [1.54, 1.807) is 12.2 Å². The van der Waals surface area contributed by atoms with E-state index in [0.29, 0.717) is 12.1 Å². The number of carboxylic acids is 1. The van der Waals surface area contributed by atoms with Gasteiger partial charge in [-0.25, -0.2) is 0 Å². The molecule has 0 aliphatic carbocycles. The van der Waals surface area contributed by atoms with Crippen LogP contribution in [-0.2, 0) is 27.0 Å². The predicted molar refractivity (Wildman–Crippen MR) is 82.0 cm³/mol. The van der Waals surface area contributed by atoms with E-state index in [1.165, 1.54) is 11.6 Å². The zero-order chi connectivity index (χ0) is 19.1. The molecule has 10 heteroatoms. The highest BCUT2D eigenvalue weighted by atomic mass is 19.4. The molecule has 0 radical (unpaired) electrons. The van der Waals surface area contributed by atoms with Gasteiger partial charge >= 0.3 is 12.1 Å². The fourth-order valence-electron chi connectivity index (χ4n) is 3.35. The first-order valence-electron chi connectivity index (χ1n) is 8.14. The summed E-state index contributed by atoms with van der Waals surface area (Å²) in [5.41, 5.74) is -0.574. The fraction of sp³-hybridized carbons (Fsp3) is 0.562. The molecule has 7 nitrogen and oxygen atoms in total. The molecule has 2 bridgehead atoms. The van der Waals surface area contributed by atoms with Gasteiger partial charge in [0.1, 0.15) is 5.92 Å². The number of hydrogen-bond donors (Lipinski definition) is 2. The maximum atomic E-state index is 12.6. The average molecular weight is 373 g/mol. The Morgan fingerprint density at radius 1 is 1.31 bits per heavy atom. The summed E-state index contributed by atoms with van der Waals surface area (Å²) in [7, 11) is 0. The molecule has 1 amide bonds. The highest BCUT2D eigenvalue weighted by Crippen LogP contribution is 2.39. The molecule has 0 aromatic carbocycles. The first kappa shape index (κ1) is 18.4. The number of hydrogen-bond acceptors (Lipinski definition) is 4. The number of carbonyl (C=O) groups excluding carboxylic acids is 1. The lowest BCUT2D eigenvalue weighted by molar-refractivity contribution is -0.146. The minimum atomic E-state index is -4.49. The molecule has 2 aliphatic rings. The first-order valence-corrected chi connectivity index (χ1v) is 8.14. The number of amides is 1. The van der Waals surface area contributed by atoms with Gasteiger partial charge in [-0.2, -0.15) is 18.3 Å². The number of carbonyl (C=O) groups is 2. The van der Waals surface area contributed by atoms with E-state index in [1.807, 2.05) is 0 Å². The zero-order valence-corrected chi connectivity index (χ0v) is 13.9. The van der Waals surface area contributed by atoms with Crippen molar-refractivity contribution in [2.45, 2.75) is 38.3 Å². The number of rotatable bonds is 6. The van der Waals surface area contributed by atoms with Gasteiger partial charge in [0.25, 0.3) is 0 Å². The van der Waals surface area contributed by atoms with Crippen LogP contribution in [0.5, 0.6) is 0 Å².